The van der Waals surface area contributed by atoms with E-state index in [0.29, 0.717) is 25.7 Å². The summed E-state index contributed by atoms with van der Waals surface area (Å²) in [4.78, 5) is 11.3. The summed E-state index contributed by atoms with van der Waals surface area (Å²) in [5, 5.41) is 8.95. The van der Waals surface area contributed by atoms with Crippen LogP contribution in [0.1, 0.15) is 51.9 Å². The molecule has 2 fully saturated rings. The van der Waals surface area contributed by atoms with Crippen molar-refractivity contribution in [2.75, 3.05) is 0 Å². The van der Waals surface area contributed by atoms with Gasteiger partial charge in [0.25, 0.3) is 0 Å². The second-order valence-corrected chi connectivity index (χ2v) is 7.73. The van der Waals surface area contributed by atoms with E-state index in [1.807, 2.05) is 0 Å². The Morgan fingerprint density at radius 3 is 2.39 bits per heavy atom. The summed E-state index contributed by atoms with van der Waals surface area (Å²) < 4.78 is 27.1. The van der Waals surface area contributed by atoms with Crippen molar-refractivity contribution in [2.45, 2.75) is 63.2 Å². The molecule has 0 aliphatic heterocycles. The average molecular weight is 275 g/mol. The molecular formula is C12H21NO4S. The molecule has 0 bridgehead atoms. The molecule has 0 radical (unpaired) electrons. The maximum Gasteiger partial charge on any atom is 0.310 e. The first-order chi connectivity index (χ1) is 8.36. The summed E-state index contributed by atoms with van der Waals surface area (Å²) in [6, 6.07) is -0.458. The van der Waals surface area contributed by atoms with Gasteiger partial charge in [-0.05, 0) is 32.6 Å². The normalized spacial score (nSPS) is 33.9. The van der Waals surface area contributed by atoms with Gasteiger partial charge in [-0.15, -0.1) is 0 Å². The van der Waals surface area contributed by atoms with E-state index in [0.717, 1.165) is 19.3 Å². The Balaban J connectivity index is 2.11. The Hall–Kier alpha value is -0.620. The van der Waals surface area contributed by atoms with Gasteiger partial charge in [-0.25, -0.2) is 13.1 Å². The molecule has 104 valence electrons. The molecule has 2 rings (SSSR count). The fourth-order valence-electron chi connectivity index (χ4n) is 3.10. The molecule has 2 N–H and O–H groups in total. The molecule has 0 aromatic carbocycles. The standard InChI is InChI=1S/C12H21NO4S/c1-12(11(14)15)8-4-7-10(12)13-18(16,17)9-5-2-3-6-9/h9-10,13H,2-8H2,1H3,(H,14,15). The van der Waals surface area contributed by atoms with E-state index in [2.05, 4.69) is 4.72 Å². The van der Waals surface area contributed by atoms with Crippen molar-refractivity contribution in [3.8, 4) is 0 Å². The minimum atomic E-state index is -3.36. The Kier molecular flexibility index (Phi) is 3.69. The monoisotopic (exact) mass is 275 g/mol. The van der Waals surface area contributed by atoms with Crippen molar-refractivity contribution in [3.63, 3.8) is 0 Å². The summed E-state index contributed by atoms with van der Waals surface area (Å²) in [7, 11) is -3.36. The summed E-state index contributed by atoms with van der Waals surface area (Å²) in [6.07, 6.45) is 5.23. The zero-order valence-electron chi connectivity index (χ0n) is 10.7. The minimum Gasteiger partial charge on any atom is -0.481 e. The smallest absolute Gasteiger partial charge is 0.310 e. The van der Waals surface area contributed by atoms with Crippen LogP contribution in [0.15, 0.2) is 0 Å². The fraction of sp³-hybridized carbons (Fsp3) is 0.917. The van der Waals surface area contributed by atoms with Crippen LogP contribution in [0.2, 0.25) is 0 Å². The average Bonchev–Trinajstić information content (AvgIpc) is 2.89. The largest absolute Gasteiger partial charge is 0.481 e. The van der Waals surface area contributed by atoms with Gasteiger partial charge in [-0.2, -0.15) is 0 Å². The number of carboxylic acids is 1. The zero-order chi connectivity index (χ0) is 13.4. The molecule has 6 heteroatoms. The lowest BCUT2D eigenvalue weighted by Crippen LogP contribution is -2.49. The second-order valence-electron chi connectivity index (χ2n) is 5.74. The lowest BCUT2D eigenvalue weighted by atomic mass is 9.85. The van der Waals surface area contributed by atoms with Crippen LogP contribution in [-0.4, -0.2) is 30.8 Å². The molecule has 0 saturated heterocycles. The van der Waals surface area contributed by atoms with Gasteiger partial charge >= 0.3 is 5.97 Å². The van der Waals surface area contributed by atoms with Crippen LogP contribution in [0.5, 0.6) is 0 Å². The molecule has 2 aliphatic rings. The topological polar surface area (TPSA) is 83.5 Å². The highest BCUT2D eigenvalue weighted by Crippen LogP contribution is 2.39. The number of sulfonamides is 1. The molecule has 0 aromatic heterocycles. The van der Waals surface area contributed by atoms with Crippen LogP contribution < -0.4 is 4.72 Å². The lowest BCUT2D eigenvalue weighted by molar-refractivity contribution is -0.148. The van der Waals surface area contributed by atoms with Gasteiger partial charge in [-0.1, -0.05) is 19.3 Å². The molecule has 18 heavy (non-hydrogen) atoms. The Morgan fingerprint density at radius 1 is 1.22 bits per heavy atom. The number of aliphatic carboxylic acids is 1. The van der Waals surface area contributed by atoms with Crippen molar-refractivity contribution < 1.29 is 18.3 Å². The van der Waals surface area contributed by atoms with E-state index in [1.54, 1.807) is 6.92 Å². The first kappa shape index (κ1) is 13.8. The third-order valence-corrected chi connectivity index (χ3v) is 6.46. The number of rotatable bonds is 4. The zero-order valence-corrected chi connectivity index (χ0v) is 11.5. The van der Waals surface area contributed by atoms with Gasteiger partial charge in [0.1, 0.15) is 0 Å². The van der Waals surface area contributed by atoms with Crippen molar-refractivity contribution in [1.82, 2.24) is 4.72 Å². The number of carboxylic acid groups (broad SMARTS) is 1. The SMILES string of the molecule is CC1(C(=O)O)CCCC1NS(=O)(=O)C1CCCC1. The highest BCUT2D eigenvalue weighted by molar-refractivity contribution is 7.90. The van der Waals surface area contributed by atoms with Crippen molar-refractivity contribution in [3.05, 3.63) is 0 Å². The van der Waals surface area contributed by atoms with Crippen LogP contribution in [0, 0.1) is 5.41 Å². The van der Waals surface area contributed by atoms with E-state index < -0.39 is 27.4 Å². The van der Waals surface area contributed by atoms with Gasteiger partial charge in [0.2, 0.25) is 10.0 Å². The number of carbonyl (C=O) groups is 1. The third kappa shape index (κ3) is 2.40. The summed E-state index contributed by atoms with van der Waals surface area (Å²) in [5.41, 5.74) is -0.953. The molecule has 2 saturated carbocycles. The van der Waals surface area contributed by atoms with Crippen LogP contribution >= 0.6 is 0 Å². The molecule has 0 aromatic rings. The van der Waals surface area contributed by atoms with E-state index >= 15 is 0 Å². The molecule has 5 nitrogen and oxygen atoms in total. The maximum absolute atomic E-state index is 12.2. The lowest BCUT2D eigenvalue weighted by Gasteiger charge is -2.28. The van der Waals surface area contributed by atoms with Crippen LogP contribution in [0.3, 0.4) is 0 Å². The predicted octanol–water partition coefficient (Wildman–Crippen LogP) is 1.49. The highest BCUT2D eigenvalue weighted by atomic mass is 32.2. The maximum atomic E-state index is 12.2. The van der Waals surface area contributed by atoms with Gasteiger partial charge < -0.3 is 5.11 Å². The predicted molar refractivity (Wildman–Crippen MR) is 67.7 cm³/mol. The van der Waals surface area contributed by atoms with E-state index in [4.69, 9.17) is 0 Å². The molecule has 2 aliphatic carbocycles. The van der Waals surface area contributed by atoms with Gasteiger partial charge in [0, 0.05) is 6.04 Å². The van der Waals surface area contributed by atoms with Gasteiger partial charge in [0.05, 0.1) is 10.7 Å². The number of nitrogens with one attached hydrogen (secondary N) is 1. The summed E-state index contributed by atoms with van der Waals surface area (Å²) in [6.45, 7) is 1.64. The molecule has 0 spiro atoms. The van der Waals surface area contributed by atoms with Crippen LogP contribution in [0.4, 0.5) is 0 Å². The van der Waals surface area contributed by atoms with Gasteiger partial charge in [0.15, 0.2) is 0 Å². The van der Waals surface area contributed by atoms with Crippen molar-refractivity contribution in [2.24, 2.45) is 5.41 Å². The fourth-order valence-corrected chi connectivity index (χ4v) is 5.03. The molecule has 2 unspecified atom stereocenters. The van der Waals surface area contributed by atoms with E-state index in [-0.39, 0.29) is 5.25 Å². The first-order valence-corrected chi connectivity index (χ1v) is 8.15. The van der Waals surface area contributed by atoms with Crippen molar-refractivity contribution in [1.29, 1.82) is 0 Å². The van der Waals surface area contributed by atoms with Gasteiger partial charge in [-0.3, -0.25) is 4.79 Å². The molecule has 0 heterocycles. The molecule has 0 amide bonds. The first-order valence-electron chi connectivity index (χ1n) is 6.61. The van der Waals surface area contributed by atoms with Crippen LogP contribution in [0.25, 0.3) is 0 Å². The number of hydrogen-bond acceptors (Lipinski definition) is 3. The van der Waals surface area contributed by atoms with E-state index in [1.165, 1.54) is 0 Å². The summed E-state index contributed by atoms with van der Waals surface area (Å²) in [5.74, 6) is -0.904. The highest BCUT2D eigenvalue weighted by Gasteiger charge is 2.47. The second kappa shape index (κ2) is 4.81. The quantitative estimate of drug-likeness (QED) is 0.814. The third-order valence-electron chi connectivity index (χ3n) is 4.49. The Labute approximate surface area is 108 Å². The summed E-state index contributed by atoms with van der Waals surface area (Å²) >= 11 is 0. The van der Waals surface area contributed by atoms with Crippen LogP contribution in [-0.2, 0) is 14.8 Å². The minimum absolute atomic E-state index is 0.323. The Morgan fingerprint density at radius 2 is 1.83 bits per heavy atom. The molecule has 2 atom stereocenters. The number of hydrogen-bond donors (Lipinski definition) is 2. The van der Waals surface area contributed by atoms with E-state index in [9.17, 15) is 18.3 Å². The van der Waals surface area contributed by atoms with Crippen molar-refractivity contribution >= 4 is 16.0 Å². The molecular weight excluding hydrogens is 254 g/mol. The Bertz CT molecular complexity index is 427.